The number of benzene rings is 2. The second-order valence-corrected chi connectivity index (χ2v) is 6.34. The number of methoxy groups -OCH3 is 1. The predicted molar refractivity (Wildman–Crippen MR) is 107 cm³/mol. The summed E-state index contributed by atoms with van der Waals surface area (Å²) in [5.41, 5.74) is 2.28. The van der Waals surface area contributed by atoms with Crippen LogP contribution in [0.1, 0.15) is 15.9 Å². The van der Waals surface area contributed by atoms with E-state index < -0.39 is 0 Å². The molecular formula is C21H20N4O4. The van der Waals surface area contributed by atoms with E-state index >= 15 is 0 Å². The van der Waals surface area contributed by atoms with Crippen LogP contribution in [0.3, 0.4) is 0 Å². The van der Waals surface area contributed by atoms with Gasteiger partial charge in [0.1, 0.15) is 5.75 Å². The van der Waals surface area contributed by atoms with Crippen LogP contribution in [0.15, 0.2) is 54.9 Å². The number of ether oxygens (including phenoxy) is 3. The molecule has 0 unspecified atom stereocenters. The summed E-state index contributed by atoms with van der Waals surface area (Å²) in [6.07, 6.45) is 3.70. The second kappa shape index (κ2) is 8.47. The number of aromatic nitrogens is 2. The summed E-state index contributed by atoms with van der Waals surface area (Å²) in [7, 11) is 1.63. The van der Waals surface area contributed by atoms with Crippen molar-refractivity contribution in [2.24, 2.45) is 0 Å². The summed E-state index contributed by atoms with van der Waals surface area (Å²) >= 11 is 0. The summed E-state index contributed by atoms with van der Waals surface area (Å²) in [5.74, 6) is 2.36. The molecule has 0 spiro atoms. The van der Waals surface area contributed by atoms with Gasteiger partial charge >= 0.3 is 0 Å². The molecule has 4 rings (SSSR count). The maximum absolute atomic E-state index is 12.3. The smallest absolute Gasteiger partial charge is 0.254 e. The third-order valence-electron chi connectivity index (χ3n) is 4.40. The van der Waals surface area contributed by atoms with Crippen molar-refractivity contribution in [1.82, 2.24) is 15.3 Å². The number of carbonyl (C=O) groups excluding carboxylic acids is 1. The van der Waals surface area contributed by atoms with E-state index in [1.165, 1.54) is 12.4 Å². The predicted octanol–water partition coefficient (Wildman–Crippen LogP) is 2.93. The van der Waals surface area contributed by atoms with Crippen LogP contribution in [0.5, 0.6) is 17.2 Å². The molecule has 29 heavy (non-hydrogen) atoms. The molecule has 0 fully saturated rings. The zero-order valence-electron chi connectivity index (χ0n) is 15.8. The molecule has 3 aromatic rings. The van der Waals surface area contributed by atoms with Gasteiger partial charge in [-0.3, -0.25) is 4.79 Å². The number of amides is 1. The van der Waals surface area contributed by atoms with E-state index in [1.54, 1.807) is 7.11 Å². The maximum atomic E-state index is 12.3. The Balaban J connectivity index is 1.29. The molecule has 8 heteroatoms. The van der Waals surface area contributed by atoms with E-state index in [-0.39, 0.29) is 12.7 Å². The zero-order chi connectivity index (χ0) is 20.1. The van der Waals surface area contributed by atoms with Crippen molar-refractivity contribution in [2.75, 3.05) is 25.8 Å². The number of anilines is 2. The Morgan fingerprint density at radius 3 is 2.59 bits per heavy atom. The lowest BCUT2D eigenvalue weighted by Gasteiger charge is -2.08. The van der Waals surface area contributed by atoms with Gasteiger partial charge in [-0.25, -0.2) is 9.97 Å². The summed E-state index contributed by atoms with van der Waals surface area (Å²) in [6, 6.07) is 13.2. The Morgan fingerprint density at radius 1 is 1.07 bits per heavy atom. The van der Waals surface area contributed by atoms with Gasteiger partial charge in [0.05, 0.1) is 12.7 Å². The van der Waals surface area contributed by atoms with Crippen LogP contribution in [-0.4, -0.2) is 36.3 Å². The van der Waals surface area contributed by atoms with E-state index in [9.17, 15) is 4.79 Å². The van der Waals surface area contributed by atoms with Gasteiger partial charge in [0.15, 0.2) is 11.5 Å². The fourth-order valence-corrected chi connectivity index (χ4v) is 2.83. The quantitative estimate of drug-likeness (QED) is 0.638. The lowest BCUT2D eigenvalue weighted by atomic mass is 10.1. The average Bonchev–Trinajstić information content (AvgIpc) is 3.22. The molecule has 0 aliphatic carbocycles. The van der Waals surface area contributed by atoms with E-state index in [0.29, 0.717) is 29.6 Å². The second-order valence-electron chi connectivity index (χ2n) is 6.34. The molecule has 1 aliphatic rings. The van der Waals surface area contributed by atoms with Crippen LogP contribution in [0.4, 0.5) is 11.6 Å². The molecule has 2 N–H and O–H groups in total. The maximum Gasteiger partial charge on any atom is 0.254 e. The number of hydrogen-bond donors (Lipinski definition) is 2. The first-order valence-corrected chi connectivity index (χ1v) is 9.11. The molecule has 1 amide bonds. The molecule has 1 aliphatic heterocycles. The van der Waals surface area contributed by atoms with Gasteiger partial charge < -0.3 is 24.8 Å². The van der Waals surface area contributed by atoms with Crippen LogP contribution in [0.2, 0.25) is 0 Å². The first-order valence-electron chi connectivity index (χ1n) is 9.11. The van der Waals surface area contributed by atoms with Crippen molar-refractivity contribution < 1.29 is 19.0 Å². The monoisotopic (exact) mass is 392 g/mol. The minimum atomic E-state index is -0.215. The van der Waals surface area contributed by atoms with Gasteiger partial charge in [-0.05, 0) is 36.2 Å². The van der Waals surface area contributed by atoms with Crippen LogP contribution in [-0.2, 0) is 6.42 Å². The Hall–Kier alpha value is -3.81. The lowest BCUT2D eigenvalue weighted by molar-refractivity contribution is 0.0953. The van der Waals surface area contributed by atoms with Crippen molar-refractivity contribution in [3.05, 3.63) is 66.0 Å². The van der Waals surface area contributed by atoms with Crippen LogP contribution in [0, 0.1) is 0 Å². The third-order valence-corrected chi connectivity index (χ3v) is 4.40. The van der Waals surface area contributed by atoms with Crippen LogP contribution < -0.4 is 24.8 Å². The number of carbonyl (C=O) groups is 1. The number of nitrogens with zero attached hydrogens (tertiary/aromatic N) is 2. The van der Waals surface area contributed by atoms with E-state index in [2.05, 4.69) is 20.6 Å². The third kappa shape index (κ3) is 4.55. The summed E-state index contributed by atoms with van der Waals surface area (Å²) in [4.78, 5) is 20.7. The standard InChI is InChI=1S/C21H20N4O4/c1-27-17-5-2-14(3-6-17)8-9-22-20(26)15-11-23-21(24-12-15)25-16-4-7-18-19(10-16)29-13-28-18/h2-7,10-12H,8-9,13H2,1H3,(H,22,26)(H,23,24,25). The highest BCUT2D eigenvalue weighted by Crippen LogP contribution is 2.34. The molecule has 1 aromatic heterocycles. The SMILES string of the molecule is COc1ccc(CCNC(=O)c2cnc(Nc3ccc4c(c3)OCO4)nc2)cc1. The molecule has 8 nitrogen and oxygen atoms in total. The molecule has 0 atom stereocenters. The van der Waals surface area contributed by atoms with Gasteiger partial charge in [-0.2, -0.15) is 0 Å². The van der Waals surface area contributed by atoms with Crippen LogP contribution >= 0.6 is 0 Å². The Bertz CT molecular complexity index is 991. The lowest BCUT2D eigenvalue weighted by Crippen LogP contribution is -2.26. The molecule has 0 radical (unpaired) electrons. The Labute approximate surface area is 167 Å². The zero-order valence-corrected chi connectivity index (χ0v) is 15.8. The van der Waals surface area contributed by atoms with Crippen molar-refractivity contribution in [1.29, 1.82) is 0 Å². The molecule has 0 bridgehead atoms. The van der Waals surface area contributed by atoms with Crippen molar-refractivity contribution in [2.45, 2.75) is 6.42 Å². The van der Waals surface area contributed by atoms with Crippen molar-refractivity contribution in [3.63, 3.8) is 0 Å². The van der Waals surface area contributed by atoms with E-state index in [0.717, 1.165) is 23.4 Å². The Morgan fingerprint density at radius 2 is 1.83 bits per heavy atom. The van der Waals surface area contributed by atoms with Crippen molar-refractivity contribution in [3.8, 4) is 17.2 Å². The largest absolute Gasteiger partial charge is 0.497 e. The molecule has 0 saturated heterocycles. The summed E-state index contributed by atoms with van der Waals surface area (Å²) in [5, 5.41) is 5.95. The fourth-order valence-electron chi connectivity index (χ4n) is 2.83. The molecular weight excluding hydrogens is 372 g/mol. The van der Waals surface area contributed by atoms with Gasteiger partial charge in [0.25, 0.3) is 5.91 Å². The topological polar surface area (TPSA) is 94.6 Å². The minimum absolute atomic E-state index is 0.215. The number of fused-ring (bicyclic) bond motifs is 1. The average molecular weight is 392 g/mol. The minimum Gasteiger partial charge on any atom is -0.497 e. The van der Waals surface area contributed by atoms with E-state index in [1.807, 2.05) is 42.5 Å². The van der Waals surface area contributed by atoms with Gasteiger partial charge in [0, 0.05) is 30.7 Å². The fraction of sp³-hybridized carbons (Fsp3) is 0.190. The normalized spacial score (nSPS) is 11.8. The number of rotatable bonds is 7. The molecule has 148 valence electrons. The van der Waals surface area contributed by atoms with Crippen molar-refractivity contribution >= 4 is 17.5 Å². The Kier molecular flexibility index (Phi) is 5.42. The number of hydrogen-bond acceptors (Lipinski definition) is 7. The van der Waals surface area contributed by atoms with Gasteiger partial charge in [-0.1, -0.05) is 12.1 Å². The molecule has 2 aromatic carbocycles. The first-order chi connectivity index (χ1) is 14.2. The number of nitrogens with one attached hydrogen (secondary N) is 2. The van der Waals surface area contributed by atoms with E-state index in [4.69, 9.17) is 14.2 Å². The highest BCUT2D eigenvalue weighted by Gasteiger charge is 2.14. The summed E-state index contributed by atoms with van der Waals surface area (Å²) in [6.45, 7) is 0.736. The highest BCUT2D eigenvalue weighted by molar-refractivity contribution is 5.93. The van der Waals surface area contributed by atoms with Gasteiger partial charge in [0.2, 0.25) is 12.7 Å². The molecule has 2 heterocycles. The summed E-state index contributed by atoms with van der Waals surface area (Å²) < 4.78 is 15.8. The van der Waals surface area contributed by atoms with Crippen LogP contribution in [0.25, 0.3) is 0 Å². The first kappa shape index (κ1) is 18.5. The molecule has 0 saturated carbocycles. The van der Waals surface area contributed by atoms with Gasteiger partial charge in [-0.15, -0.1) is 0 Å². The highest BCUT2D eigenvalue weighted by atomic mass is 16.7.